The fraction of sp³-hybridized carbons (Fsp3) is 0.200. The summed E-state index contributed by atoms with van der Waals surface area (Å²) in [5.41, 5.74) is 1.93. The van der Waals surface area contributed by atoms with Gasteiger partial charge in [0.15, 0.2) is 0 Å². The lowest BCUT2D eigenvalue weighted by Gasteiger charge is -2.17. The van der Waals surface area contributed by atoms with Crippen molar-refractivity contribution in [3.63, 3.8) is 0 Å². The predicted molar refractivity (Wildman–Crippen MR) is 71.7 cm³/mol. The topological polar surface area (TPSA) is 37.3 Å². The molecule has 3 rings (SSSR count). The van der Waals surface area contributed by atoms with Crippen LogP contribution in [-0.2, 0) is 17.2 Å². The Labute approximate surface area is 109 Å². The third kappa shape index (κ3) is 1.89. The Morgan fingerprint density at radius 2 is 1.72 bits per heavy atom. The molecule has 0 aromatic heterocycles. The normalized spacial score (nSPS) is 23.6. The molecule has 0 radical (unpaired) electrons. The molecule has 0 saturated heterocycles. The zero-order valence-electron chi connectivity index (χ0n) is 9.82. The number of fused-ring (bicyclic) bond motifs is 1. The summed E-state index contributed by atoms with van der Waals surface area (Å²) in [6.45, 7) is 0. The molecule has 0 saturated carbocycles. The Bertz CT molecular complexity index is 580. The van der Waals surface area contributed by atoms with E-state index in [-0.39, 0.29) is 5.25 Å². The minimum absolute atomic E-state index is 0.232. The average molecular weight is 258 g/mol. The van der Waals surface area contributed by atoms with Gasteiger partial charge in [0.05, 0.1) is 22.2 Å². The molecule has 0 bridgehead atoms. The van der Waals surface area contributed by atoms with Crippen LogP contribution in [0.15, 0.2) is 59.5 Å². The Morgan fingerprint density at radius 3 is 2.44 bits per heavy atom. The second kappa shape index (κ2) is 4.67. The van der Waals surface area contributed by atoms with E-state index in [0.29, 0.717) is 6.42 Å². The molecule has 0 amide bonds. The van der Waals surface area contributed by atoms with Crippen molar-refractivity contribution < 1.29 is 9.32 Å². The van der Waals surface area contributed by atoms with Crippen molar-refractivity contribution >= 4 is 10.8 Å². The fourth-order valence-electron chi connectivity index (χ4n) is 2.42. The summed E-state index contributed by atoms with van der Waals surface area (Å²) in [5.74, 6) is 0. The minimum atomic E-state index is -1.12. The summed E-state index contributed by atoms with van der Waals surface area (Å²) in [4.78, 5) is 0.873. The maximum absolute atomic E-state index is 12.4. The Morgan fingerprint density at radius 1 is 1.06 bits per heavy atom. The highest BCUT2D eigenvalue weighted by Crippen LogP contribution is 2.34. The second-order valence-electron chi connectivity index (χ2n) is 4.50. The third-order valence-corrected chi connectivity index (χ3v) is 5.18. The van der Waals surface area contributed by atoms with E-state index in [4.69, 9.17) is 0 Å². The molecule has 3 atom stereocenters. The molecule has 2 aromatic carbocycles. The number of rotatable bonds is 2. The van der Waals surface area contributed by atoms with E-state index in [0.717, 1.165) is 16.0 Å². The van der Waals surface area contributed by atoms with E-state index in [1.807, 2.05) is 54.6 Å². The van der Waals surface area contributed by atoms with Crippen LogP contribution >= 0.6 is 0 Å². The van der Waals surface area contributed by atoms with E-state index in [9.17, 15) is 9.32 Å². The van der Waals surface area contributed by atoms with Gasteiger partial charge in [-0.05, 0) is 23.6 Å². The van der Waals surface area contributed by atoms with Gasteiger partial charge in [-0.2, -0.15) is 0 Å². The molecule has 3 heteroatoms. The Balaban J connectivity index is 1.91. The fourth-order valence-corrected chi connectivity index (χ4v) is 4.09. The zero-order chi connectivity index (χ0) is 12.5. The zero-order valence-corrected chi connectivity index (χ0v) is 10.6. The van der Waals surface area contributed by atoms with Gasteiger partial charge < -0.3 is 5.11 Å². The van der Waals surface area contributed by atoms with Crippen molar-refractivity contribution in [2.75, 3.05) is 0 Å². The molecule has 1 N–H and O–H groups in total. The van der Waals surface area contributed by atoms with E-state index < -0.39 is 16.9 Å². The highest BCUT2D eigenvalue weighted by Gasteiger charge is 2.34. The molecule has 2 aromatic rings. The summed E-state index contributed by atoms with van der Waals surface area (Å²) in [5, 5.41) is 10.1. The molecule has 92 valence electrons. The molecule has 1 aliphatic rings. The van der Waals surface area contributed by atoms with Gasteiger partial charge in [-0.15, -0.1) is 0 Å². The summed E-state index contributed by atoms with van der Waals surface area (Å²) >= 11 is 0. The van der Waals surface area contributed by atoms with Gasteiger partial charge in [-0.25, -0.2) is 0 Å². The lowest BCUT2D eigenvalue weighted by molar-refractivity contribution is 0.173. The van der Waals surface area contributed by atoms with Gasteiger partial charge in [0.25, 0.3) is 0 Å². The van der Waals surface area contributed by atoms with Crippen LogP contribution < -0.4 is 0 Å². The first-order valence-electron chi connectivity index (χ1n) is 5.99. The van der Waals surface area contributed by atoms with Crippen molar-refractivity contribution in [1.82, 2.24) is 0 Å². The van der Waals surface area contributed by atoms with Crippen LogP contribution in [0.3, 0.4) is 0 Å². The number of aliphatic hydroxyl groups excluding tert-OH is 1. The molecule has 1 aliphatic heterocycles. The molecule has 0 fully saturated rings. The first kappa shape index (κ1) is 11.6. The van der Waals surface area contributed by atoms with Crippen molar-refractivity contribution in [2.45, 2.75) is 22.7 Å². The monoisotopic (exact) mass is 258 g/mol. The Kier molecular flexibility index (Phi) is 3.02. The van der Waals surface area contributed by atoms with Crippen molar-refractivity contribution in [3.05, 3.63) is 65.7 Å². The van der Waals surface area contributed by atoms with Crippen molar-refractivity contribution in [2.24, 2.45) is 0 Å². The van der Waals surface area contributed by atoms with E-state index >= 15 is 0 Å². The summed E-state index contributed by atoms with van der Waals surface area (Å²) in [6.07, 6.45) is 0.0122. The van der Waals surface area contributed by atoms with Crippen LogP contribution in [-0.4, -0.2) is 14.6 Å². The van der Waals surface area contributed by atoms with Gasteiger partial charge >= 0.3 is 0 Å². The largest absolute Gasteiger partial charge is 0.387 e. The first-order chi connectivity index (χ1) is 8.77. The Hall–Kier alpha value is -1.45. The van der Waals surface area contributed by atoms with E-state index in [2.05, 4.69) is 0 Å². The highest BCUT2D eigenvalue weighted by atomic mass is 32.2. The first-order valence-corrected chi connectivity index (χ1v) is 7.20. The van der Waals surface area contributed by atoms with Crippen LogP contribution in [0.25, 0.3) is 0 Å². The predicted octanol–water partition coefficient (Wildman–Crippen LogP) is 2.45. The molecule has 2 nitrogen and oxygen atoms in total. The van der Waals surface area contributed by atoms with Gasteiger partial charge in [-0.3, -0.25) is 4.21 Å². The quantitative estimate of drug-likeness (QED) is 0.898. The smallest absolute Gasteiger partial charge is 0.0940 e. The van der Waals surface area contributed by atoms with Crippen LogP contribution in [0.4, 0.5) is 0 Å². The molecule has 18 heavy (non-hydrogen) atoms. The van der Waals surface area contributed by atoms with Crippen LogP contribution in [0.1, 0.15) is 17.2 Å². The number of aliphatic hydroxyl groups is 1. The SMILES string of the molecule is O=S1c2ccccc2C[C@H]1[C@@H](O)c1ccccc1. The number of hydrogen-bond donors (Lipinski definition) is 1. The molecule has 1 unspecified atom stereocenters. The number of benzene rings is 2. The van der Waals surface area contributed by atoms with Gasteiger partial charge in [0.2, 0.25) is 0 Å². The lowest BCUT2D eigenvalue weighted by atomic mass is 10.0. The molecule has 0 aliphatic carbocycles. The van der Waals surface area contributed by atoms with Crippen molar-refractivity contribution in [1.29, 1.82) is 0 Å². The maximum Gasteiger partial charge on any atom is 0.0940 e. The minimum Gasteiger partial charge on any atom is -0.387 e. The summed E-state index contributed by atoms with van der Waals surface area (Å²) in [6, 6.07) is 17.2. The van der Waals surface area contributed by atoms with Gasteiger partial charge in [0.1, 0.15) is 0 Å². The van der Waals surface area contributed by atoms with E-state index in [1.54, 1.807) is 0 Å². The average Bonchev–Trinajstić information content (AvgIpc) is 2.77. The highest BCUT2D eigenvalue weighted by molar-refractivity contribution is 7.86. The third-order valence-electron chi connectivity index (χ3n) is 3.38. The molecule has 0 spiro atoms. The van der Waals surface area contributed by atoms with Gasteiger partial charge in [-0.1, -0.05) is 48.5 Å². The molecular weight excluding hydrogens is 244 g/mol. The van der Waals surface area contributed by atoms with Crippen molar-refractivity contribution in [3.8, 4) is 0 Å². The van der Waals surface area contributed by atoms with Gasteiger partial charge in [0, 0.05) is 4.90 Å². The summed E-state index contributed by atoms with van der Waals surface area (Å²) in [7, 11) is -1.12. The molecular formula is C15H14O2S. The maximum atomic E-state index is 12.4. The standard InChI is InChI=1S/C15H14O2S/c16-15(11-6-2-1-3-7-11)14-10-12-8-4-5-9-13(12)18(14)17/h1-9,14-16H,10H2/t14-,15-,18?/m0/s1. The molecule has 1 heterocycles. The summed E-state index contributed by atoms with van der Waals surface area (Å²) < 4.78 is 12.4. The van der Waals surface area contributed by atoms with Crippen LogP contribution in [0.2, 0.25) is 0 Å². The van der Waals surface area contributed by atoms with Crippen LogP contribution in [0, 0.1) is 0 Å². The lowest BCUT2D eigenvalue weighted by Crippen LogP contribution is -2.21. The van der Waals surface area contributed by atoms with Crippen LogP contribution in [0.5, 0.6) is 0 Å². The second-order valence-corrected chi connectivity index (χ2v) is 6.14. The van der Waals surface area contributed by atoms with E-state index in [1.165, 1.54) is 0 Å². The number of hydrogen-bond acceptors (Lipinski definition) is 2.